The van der Waals surface area contributed by atoms with Gasteiger partial charge in [0.05, 0.1) is 18.4 Å². The molecule has 1 N–H and O–H groups in total. The minimum Gasteiger partial charge on any atom is -0.481 e. The van der Waals surface area contributed by atoms with Crippen molar-refractivity contribution in [2.45, 2.75) is 19.9 Å². The van der Waals surface area contributed by atoms with E-state index in [9.17, 15) is 0 Å². The molecule has 0 spiro atoms. The van der Waals surface area contributed by atoms with Crippen LogP contribution in [-0.2, 0) is 13.6 Å². The monoisotopic (exact) mass is 348 g/mol. The number of halogens is 1. The number of methoxy groups -OCH3 is 1. The van der Waals surface area contributed by atoms with Crippen LogP contribution in [0, 0.1) is 12.8 Å². The molecule has 0 unspecified atom stereocenters. The summed E-state index contributed by atoms with van der Waals surface area (Å²) in [6, 6.07) is 8.11. The molecule has 1 aromatic heterocycles. The van der Waals surface area contributed by atoms with E-state index in [0.717, 1.165) is 48.3 Å². The molecule has 1 aliphatic heterocycles. The fraction of sp³-hybridized carbons (Fsp3) is 0.500. The minimum absolute atomic E-state index is 0.656. The number of nitrogens with zero attached hydrogens (tertiary/aromatic N) is 3. The minimum atomic E-state index is 0.656. The number of ether oxygens (including phenoxy) is 1. The number of nitrogens with one attached hydrogen (secondary N) is 1. The number of anilines is 1. The SMILES string of the molecule is COc1c(CNC[C@@H]2CCN(c3ccc(Cl)cc3)C2)c(C)nn1C. The van der Waals surface area contributed by atoms with E-state index in [2.05, 4.69) is 27.4 Å². The van der Waals surface area contributed by atoms with Gasteiger partial charge in [-0.1, -0.05) is 11.6 Å². The predicted molar refractivity (Wildman–Crippen MR) is 98.0 cm³/mol. The van der Waals surface area contributed by atoms with Crippen LogP contribution in [0.5, 0.6) is 5.88 Å². The number of hydrogen-bond donors (Lipinski definition) is 1. The fourth-order valence-corrected chi connectivity index (χ4v) is 3.55. The fourth-order valence-electron chi connectivity index (χ4n) is 3.43. The molecule has 6 heteroatoms. The highest BCUT2D eigenvalue weighted by Gasteiger charge is 2.23. The van der Waals surface area contributed by atoms with Crippen molar-refractivity contribution in [2.24, 2.45) is 13.0 Å². The van der Waals surface area contributed by atoms with Crippen molar-refractivity contribution in [2.75, 3.05) is 31.6 Å². The van der Waals surface area contributed by atoms with Crippen LogP contribution in [0.4, 0.5) is 5.69 Å². The van der Waals surface area contributed by atoms with Crippen LogP contribution < -0.4 is 15.0 Å². The van der Waals surface area contributed by atoms with Gasteiger partial charge in [0.1, 0.15) is 0 Å². The normalized spacial score (nSPS) is 17.5. The third-order valence-electron chi connectivity index (χ3n) is 4.69. The summed E-state index contributed by atoms with van der Waals surface area (Å²) in [5.41, 5.74) is 3.43. The van der Waals surface area contributed by atoms with Crippen LogP contribution in [0.3, 0.4) is 0 Å². The average molecular weight is 349 g/mol. The Hall–Kier alpha value is -1.72. The summed E-state index contributed by atoms with van der Waals surface area (Å²) in [6.07, 6.45) is 1.21. The second-order valence-electron chi connectivity index (χ2n) is 6.40. The Morgan fingerprint density at radius 1 is 1.33 bits per heavy atom. The van der Waals surface area contributed by atoms with Crippen molar-refractivity contribution in [1.82, 2.24) is 15.1 Å². The Morgan fingerprint density at radius 2 is 2.08 bits per heavy atom. The maximum absolute atomic E-state index is 5.97. The second-order valence-corrected chi connectivity index (χ2v) is 6.84. The van der Waals surface area contributed by atoms with Gasteiger partial charge in [0.25, 0.3) is 0 Å². The summed E-state index contributed by atoms with van der Waals surface area (Å²) < 4.78 is 7.24. The Morgan fingerprint density at radius 3 is 2.79 bits per heavy atom. The second kappa shape index (κ2) is 7.45. The van der Waals surface area contributed by atoms with Gasteiger partial charge >= 0.3 is 0 Å². The summed E-state index contributed by atoms with van der Waals surface area (Å²) in [5, 5.41) is 8.79. The molecule has 2 heterocycles. The molecule has 1 aliphatic rings. The third kappa shape index (κ3) is 3.68. The molecule has 5 nitrogen and oxygen atoms in total. The van der Waals surface area contributed by atoms with Crippen LogP contribution in [0.25, 0.3) is 0 Å². The number of hydrogen-bond acceptors (Lipinski definition) is 4. The molecule has 3 rings (SSSR count). The average Bonchev–Trinajstić information content (AvgIpc) is 3.13. The van der Waals surface area contributed by atoms with E-state index in [0.29, 0.717) is 5.92 Å². The van der Waals surface area contributed by atoms with Crippen molar-refractivity contribution in [3.63, 3.8) is 0 Å². The van der Waals surface area contributed by atoms with Crippen molar-refractivity contribution >= 4 is 17.3 Å². The summed E-state index contributed by atoms with van der Waals surface area (Å²) >= 11 is 5.97. The van der Waals surface area contributed by atoms with Crippen molar-refractivity contribution in [1.29, 1.82) is 0 Å². The molecule has 130 valence electrons. The zero-order valence-corrected chi connectivity index (χ0v) is 15.3. The van der Waals surface area contributed by atoms with Gasteiger partial charge in [-0.15, -0.1) is 0 Å². The molecule has 1 atom stereocenters. The van der Waals surface area contributed by atoms with Gasteiger partial charge in [0, 0.05) is 43.9 Å². The molecule has 0 bridgehead atoms. The maximum atomic E-state index is 5.97. The summed E-state index contributed by atoms with van der Waals surface area (Å²) in [5.74, 6) is 1.50. The van der Waals surface area contributed by atoms with Gasteiger partial charge in [-0.3, -0.25) is 0 Å². The molecule has 0 aliphatic carbocycles. The third-order valence-corrected chi connectivity index (χ3v) is 4.95. The van der Waals surface area contributed by atoms with Crippen LogP contribution in [0.1, 0.15) is 17.7 Å². The lowest BCUT2D eigenvalue weighted by atomic mass is 10.1. The Bertz CT molecular complexity index is 683. The zero-order chi connectivity index (χ0) is 17.1. The van der Waals surface area contributed by atoms with Gasteiger partial charge in [-0.25, -0.2) is 4.68 Å². The molecule has 0 saturated carbocycles. The largest absolute Gasteiger partial charge is 0.481 e. The molecule has 1 aromatic carbocycles. The first-order valence-corrected chi connectivity index (χ1v) is 8.74. The number of rotatable bonds is 6. The molecule has 0 amide bonds. The highest BCUT2D eigenvalue weighted by atomic mass is 35.5. The van der Waals surface area contributed by atoms with E-state index in [1.54, 1.807) is 11.8 Å². The summed E-state index contributed by atoms with van der Waals surface area (Å²) in [6.45, 7) is 6.00. The molecular formula is C18H25ClN4O. The van der Waals surface area contributed by atoms with E-state index in [-0.39, 0.29) is 0 Å². The summed E-state index contributed by atoms with van der Waals surface area (Å²) in [4.78, 5) is 2.43. The summed E-state index contributed by atoms with van der Waals surface area (Å²) in [7, 11) is 3.61. The Kier molecular flexibility index (Phi) is 5.31. The number of aryl methyl sites for hydroxylation is 2. The van der Waals surface area contributed by atoms with Crippen LogP contribution >= 0.6 is 11.6 Å². The van der Waals surface area contributed by atoms with E-state index in [1.165, 1.54) is 12.1 Å². The number of aromatic nitrogens is 2. The van der Waals surface area contributed by atoms with Gasteiger partial charge in [0.15, 0.2) is 0 Å². The molecule has 2 aromatic rings. The van der Waals surface area contributed by atoms with E-state index in [1.807, 2.05) is 26.1 Å². The molecule has 24 heavy (non-hydrogen) atoms. The first-order chi connectivity index (χ1) is 11.6. The number of benzene rings is 1. The Balaban J connectivity index is 1.51. The lowest BCUT2D eigenvalue weighted by Crippen LogP contribution is -2.26. The van der Waals surface area contributed by atoms with E-state index < -0.39 is 0 Å². The quantitative estimate of drug-likeness (QED) is 0.871. The zero-order valence-electron chi connectivity index (χ0n) is 14.6. The highest BCUT2D eigenvalue weighted by Crippen LogP contribution is 2.25. The van der Waals surface area contributed by atoms with Gasteiger partial charge in [-0.2, -0.15) is 5.10 Å². The van der Waals surface area contributed by atoms with Gasteiger partial charge < -0.3 is 15.0 Å². The van der Waals surface area contributed by atoms with Gasteiger partial charge in [0.2, 0.25) is 5.88 Å². The lowest BCUT2D eigenvalue weighted by molar-refractivity contribution is 0.367. The van der Waals surface area contributed by atoms with Crippen LogP contribution in [0.2, 0.25) is 5.02 Å². The maximum Gasteiger partial charge on any atom is 0.216 e. The molecule has 1 fully saturated rings. The van der Waals surface area contributed by atoms with Crippen molar-refractivity contribution in [3.05, 3.63) is 40.5 Å². The Labute approximate surface area is 148 Å². The van der Waals surface area contributed by atoms with E-state index in [4.69, 9.17) is 16.3 Å². The van der Waals surface area contributed by atoms with Crippen molar-refractivity contribution < 1.29 is 4.74 Å². The van der Waals surface area contributed by atoms with Crippen molar-refractivity contribution in [3.8, 4) is 5.88 Å². The standard InChI is InChI=1S/C18H25ClN4O/c1-13-17(18(24-3)22(2)21-13)11-20-10-14-8-9-23(12-14)16-6-4-15(19)5-7-16/h4-7,14,20H,8-12H2,1-3H3/t14-/m0/s1. The first kappa shape index (κ1) is 17.1. The topological polar surface area (TPSA) is 42.3 Å². The van der Waals surface area contributed by atoms with E-state index >= 15 is 0 Å². The predicted octanol–water partition coefficient (Wildman–Crippen LogP) is 3.01. The molecule has 0 radical (unpaired) electrons. The molecular weight excluding hydrogens is 324 g/mol. The highest BCUT2D eigenvalue weighted by molar-refractivity contribution is 6.30. The molecule has 1 saturated heterocycles. The first-order valence-electron chi connectivity index (χ1n) is 8.36. The van der Waals surface area contributed by atoms with Gasteiger partial charge in [-0.05, 0) is 43.5 Å². The lowest BCUT2D eigenvalue weighted by Gasteiger charge is -2.19. The van der Waals surface area contributed by atoms with Crippen LogP contribution in [0.15, 0.2) is 24.3 Å². The van der Waals surface area contributed by atoms with Crippen LogP contribution in [-0.4, -0.2) is 36.5 Å². The smallest absolute Gasteiger partial charge is 0.216 e.